The highest BCUT2D eigenvalue weighted by Gasteiger charge is 2.09. The fourth-order valence-electron chi connectivity index (χ4n) is 1.53. The molecule has 2 aromatic heterocycles. The van der Waals surface area contributed by atoms with E-state index in [9.17, 15) is 8.78 Å². The maximum absolute atomic E-state index is 13.0. The average molecular weight is 236 g/mol. The van der Waals surface area contributed by atoms with Crippen molar-refractivity contribution in [3.8, 4) is 10.7 Å². The molecule has 16 heavy (non-hydrogen) atoms. The summed E-state index contributed by atoms with van der Waals surface area (Å²) in [7, 11) is 0. The molecular formula is C11H6F2N2S. The predicted molar refractivity (Wildman–Crippen MR) is 59.3 cm³/mol. The second-order valence-corrected chi connectivity index (χ2v) is 4.29. The Kier molecular flexibility index (Phi) is 2.00. The van der Waals surface area contributed by atoms with Crippen LogP contribution in [-0.2, 0) is 0 Å². The Morgan fingerprint density at radius 1 is 1.19 bits per heavy atom. The van der Waals surface area contributed by atoms with Gasteiger partial charge in [0.1, 0.15) is 5.82 Å². The lowest BCUT2D eigenvalue weighted by Crippen LogP contribution is -1.82. The van der Waals surface area contributed by atoms with E-state index in [2.05, 4.69) is 9.97 Å². The van der Waals surface area contributed by atoms with E-state index in [4.69, 9.17) is 0 Å². The van der Waals surface area contributed by atoms with E-state index in [1.807, 2.05) is 17.5 Å². The van der Waals surface area contributed by atoms with Gasteiger partial charge in [-0.15, -0.1) is 11.3 Å². The number of aromatic nitrogens is 2. The van der Waals surface area contributed by atoms with E-state index in [-0.39, 0.29) is 0 Å². The topological polar surface area (TPSA) is 28.7 Å². The van der Waals surface area contributed by atoms with Crippen molar-refractivity contribution in [1.82, 2.24) is 9.97 Å². The number of imidazole rings is 1. The standard InChI is InChI=1S/C11H6F2N2S/c12-6-4-8-9(5-7(6)13)15-11(14-8)10-2-1-3-16-10/h1-5H,(H,14,15). The zero-order valence-electron chi connectivity index (χ0n) is 8.00. The summed E-state index contributed by atoms with van der Waals surface area (Å²) in [5, 5.41) is 1.92. The number of nitrogens with zero attached hydrogens (tertiary/aromatic N) is 1. The number of H-pyrrole nitrogens is 1. The maximum Gasteiger partial charge on any atom is 0.161 e. The Labute approximate surface area is 93.6 Å². The van der Waals surface area contributed by atoms with E-state index < -0.39 is 11.6 Å². The van der Waals surface area contributed by atoms with E-state index in [0.717, 1.165) is 17.0 Å². The highest BCUT2D eigenvalue weighted by molar-refractivity contribution is 7.13. The van der Waals surface area contributed by atoms with Crippen LogP contribution in [0.15, 0.2) is 29.6 Å². The average Bonchev–Trinajstić information content (AvgIpc) is 2.86. The van der Waals surface area contributed by atoms with Crippen molar-refractivity contribution < 1.29 is 8.78 Å². The molecule has 0 radical (unpaired) electrons. The molecule has 0 saturated carbocycles. The summed E-state index contributed by atoms with van der Waals surface area (Å²) in [5.41, 5.74) is 0.935. The number of rotatable bonds is 1. The van der Waals surface area contributed by atoms with Gasteiger partial charge in [0.05, 0.1) is 15.9 Å². The van der Waals surface area contributed by atoms with Crippen molar-refractivity contribution in [3.05, 3.63) is 41.3 Å². The normalized spacial score (nSPS) is 11.1. The largest absolute Gasteiger partial charge is 0.337 e. The molecule has 80 valence electrons. The van der Waals surface area contributed by atoms with Crippen LogP contribution in [0.3, 0.4) is 0 Å². The third-order valence-electron chi connectivity index (χ3n) is 2.28. The summed E-state index contributed by atoms with van der Waals surface area (Å²) in [4.78, 5) is 8.11. The molecule has 3 rings (SSSR count). The molecule has 0 bridgehead atoms. The van der Waals surface area contributed by atoms with Gasteiger partial charge in [0, 0.05) is 12.1 Å². The first kappa shape index (κ1) is 9.47. The molecule has 2 nitrogen and oxygen atoms in total. The fraction of sp³-hybridized carbons (Fsp3) is 0. The minimum absolute atomic E-state index is 0.433. The zero-order valence-corrected chi connectivity index (χ0v) is 8.81. The molecule has 0 atom stereocenters. The molecule has 3 aromatic rings. The van der Waals surface area contributed by atoms with Gasteiger partial charge in [-0.25, -0.2) is 13.8 Å². The summed E-state index contributed by atoms with van der Waals surface area (Å²) in [6, 6.07) is 6.01. The van der Waals surface area contributed by atoms with Gasteiger partial charge in [-0.1, -0.05) is 6.07 Å². The number of aromatic amines is 1. The van der Waals surface area contributed by atoms with Gasteiger partial charge in [-0.3, -0.25) is 0 Å². The molecule has 1 aromatic carbocycles. The van der Waals surface area contributed by atoms with E-state index >= 15 is 0 Å². The SMILES string of the molecule is Fc1cc2nc(-c3cccs3)[nH]c2cc1F. The van der Waals surface area contributed by atoms with Crippen LogP contribution in [0, 0.1) is 11.6 Å². The van der Waals surface area contributed by atoms with Crippen LogP contribution in [0.1, 0.15) is 0 Å². The molecule has 0 aliphatic carbocycles. The lowest BCUT2D eigenvalue weighted by Gasteiger charge is -1.90. The Morgan fingerprint density at radius 3 is 2.75 bits per heavy atom. The summed E-state index contributed by atoms with van der Waals surface area (Å²) < 4.78 is 26.0. The summed E-state index contributed by atoms with van der Waals surface area (Å²) in [5.74, 6) is -1.11. The van der Waals surface area contributed by atoms with Crippen LogP contribution in [0.2, 0.25) is 0 Å². The number of fused-ring (bicyclic) bond motifs is 1. The molecule has 0 amide bonds. The number of thiophene rings is 1. The molecule has 0 spiro atoms. The minimum Gasteiger partial charge on any atom is -0.337 e. The third-order valence-corrected chi connectivity index (χ3v) is 3.16. The van der Waals surface area contributed by atoms with Crippen LogP contribution in [0.4, 0.5) is 8.78 Å². The number of hydrogen-bond acceptors (Lipinski definition) is 2. The molecule has 0 aliphatic rings. The van der Waals surface area contributed by atoms with Crippen molar-refractivity contribution in [2.75, 3.05) is 0 Å². The third kappa shape index (κ3) is 1.40. The first-order valence-electron chi connectivity index (χ1n) is 4.63. The molecular weight excluding hydrogens is 230 g/mol. The first-order chi connectivity index (χ1) is 7.74. The lowest BCUT2D eigenvalue weighted by molar-refractivity contribution is 0.510. The highest BCUT2D eigenvalue weighted by Crippen LogP contribution is 2.25. The lowest BCUT2D eigenvalue weighted by atomic mass is 10.3. The van der Waals surface area contributed by atoms with Crippen molar-refractivity contribution >= 4 is 22.4 Å². The van der Waals surface area contributed by atoms with Gasteiger partial charge >= 0.3 is 0 Å². The van der Waals surface area contributed by atoms with Gasteiger partial charge < -0.3 is 4.98 Å². The number of nitrogens with one attached hydrogen (secondary N) is 1. The number of benzene rings is 1. The van der Waals surface area contributed by atoms with Crippen molar-refractivity contribution in [2.45, 2.75) is 0 Å². The van der Waals surface area contributed by atoms with E-state index in [0.29, 0.717) is 16.9 Å². The Hall–Kier alpha value is -1.75. The van der Waals surface area contributed by atoms with E-state index in [1.54, 1.807) is 0 Å². The van der Waals surface area contributed by atoms with Crippen LogP contribution < -0.4 is 0 Å². The van der Waals surface area contributed by atoms with Crippen molar-refractivity contribution in [3.63, 3.8) is 0 Å². The molecule has 2 heterocycles. The maximum atomic E-state index is 13.0. The van der Waals surface area contributed by atoms with Crippen LogP contribution in [0.25, 0.3) is 21.7 Å². The summed E-state index contributed by atoms with van der Waals surface area (Å²) >= 11 is 1.52. The van der Waals surface area contributed by atoms with Gasteiger partial charge in [0.25, 0.3) is 0 Å². The number of halogens is 2. The summed E-state index contributed by atoms with van der Waals surface area (Å²) in [6.45, 7) is 0. The minimum atomic E-state index is -0.878. The predicted octanol–water partition coefficient (Wildman–Crippen LogP) is 3.57. The van der Waals surface area contributed by atoms with Crippen LogP contribution in [0.5, 0.6) is 0 Å². The monoisotopic (exact) mass is 236 g/mol. The second kappa shape index (κ2) is 3.38. The Balaban J connectivity index is 2.23. The number of hydrogen-bond donors (Lipinski definition) is 1. The van der Waals surface area contributed by atoms with Crippen LogP contribution in [-0.4, -0.2) is 9.97 Å². The molecule has 0 aliphatic heterocycles. The van der Waals surface area contributed by atoms with Gasteiger partial charge in [-0.2, -0.15) is 0 Å². The van der Waals surface area contributed by atoms with E-state index in [1.165, 1.54) is 11.3 Å². The molecule has 0 unspecified atom stereocenters. The van der Waals surface area contributed by atoms with Crippen molar-refractivity contribution in [2.24, 2.45) is 0 Å². The first-order valence-corrected chi connectivity index (χ1v) is 5.50. The fourth-order valence-corrected chi connectivity index (χ4v) is 2.20. The van der Waals surface area contributed by atoms with Gasteiger partial charge in [0.15, 0.2) is 11.6 Å². The Bertz CT molecular complexity index is 604. The zero-order chi connectivity index (χ0) is 11.1. The molecule has 0 saturated heterocycles. The van der Waals surface area contributed by atoms with Gasteiger partial charge in [0.2, 0.25) is 0 Å². The molecule has 0 fully saturated rings. The van der Waals surface area contributed by atoms with Gasteiger partial charge in [-0.05, 0) is 11.4 Å². The quantitative estimate of drug-likeness (QED) is 0.687. The Morgan fingerprint density at radius 2 is 2.00 bits per heavy atom. The summed E-state index contributed by atoms with van der Waals surface area (Å²) in [6.07, 6.45) is 0. The second-order valence-electron chi connectivity index (χ2n) is 3.35. The molecule has 1 N–H and O–H groups in total. The van der Waals surface area contributed by atoms with Crippen LogP contribution >= 0.6 is 11.3 Å². The van der Waals surface area contributed by atoms with Crippen molar-refractivity contribution in [1.29, 1.82) is 0 Å². The highest BCUT2D eigenvalue weighted by atomic mass is 32.1. The smallest absolute Gasteiger partial charge is 0.161 e. The molecule has 5 heteroatoms.